The number of aryl methyl sites for hydroxylation is 1. The lowest BCUT2D eigenvalue weighted by molar-refractivity contribution is -0.151. The minimum atomic E-state index is -0.692. The number of ether oxygens (including phenoxy) is 1. The summed E-state index contributed by atoms with van der Waals surface area (Å²) in [5.74, 6) is -0.196. The topological polar surface area (TPSA) is 56.2 Å². The molecule has 0 radical (unpaired) electrons. The maximum absolute atomic E-state index is 12.3. The Bertz CT molecular complexity index is 494. The van der Waals surface area contributed by atoms with E-state index in [9.17, 15) is 4.79 Å². The van der Waals surface area contributed by atoms with Crippen LogP contribution in [-0.4, -0.2) is 33.9 Å². The zero-order chi connectivity index (χ0) is 15.6. The molecule has 2 atom stereocenters. The lowest BCUT2D eigenvalue weighted by atomic mass is 9.93. The molecule has 1 heterocycles. The summed E-state index contributed by atoms with van der Waals surface area (Å²) in [6.45, 7) is 8.04. The van der Waals surface area contributed by atoms with Crippen LogP contribution in [0.5, 0.6) is 0 Å². The quantitative estimate of drug-likeness (QED) is 0.786. The molecule has 2 rings (SSSR count). The fourth-order valence-electron chi connectivity index (χ4n) is 2.54. The molecule has 1 fully saturated rings. The van der Waals surface area contributed by atoms with Crippen molar-refractivity contribution >= 4 is 17.6 Å². The molecule has 1 N–H and O–H groups in total. The van der Waals surface area contributed by atoms with E-state index in [0.29, 0.717) is 24.1 Å². The van der Waals surface area contributed by atoms with Crippen LogP contribution in [0.2, 0.25) is 5.02 Å². The summed E-state index contributed by atoms with van der Waals surface area (Å²) >= 11 is 6.06. The van der Waals surface area contributed by atoms with Crippen molar-refractivity contribution in [3.05, 3.63) is 16.9 Å². The van der Waals surface area contributed by atoms with Crippen molar-refractivity contribution in [2.24, 2.45) is 0 Å². The van der Waals surface area contributed by atoms with E-state index in [1.807, 2.05) is 38.6 Å². The van der Waals surface area contributed by atoms with Crippen molar-refractivity contribution in [3.63, 3.8) is 0 Å². The van der Waals surface area contributed by atoms with Crippen LogP contribution in [0.15, 0.2) is 6.20 Å². The maximum Gasteiger partial charge on any atom is 0.326 e. The van der Waals surface area contributed by atoms with Crippen LogP contribution in [0.25, 0.3) is 0 Å². The first-order valence-corrected chi connectivity index (χ1v) is 7.89. The van der Waals surface area contributed by atoms with Crippen molar-refractivity contribution in [2.75, 3.05) is 6.61 Å². The first kappa shape index (κ1) is 16.3. The largest absolute Gasteiger partial charge is 0.465 e. The van der Waals surface area contributed by atoms with Crippen LogP contribution in [-0.2, 0) is 9.53 Å². The Hall–Kier alpha value is -1.07. The maximum atomic E-state index is 12.3. The van der Waals surface area contributed by atoms with Gasteiger partial charge < -0.3 is 4.74 Å². The summed E-state index contributed by atoms with van der Waals surface area (Å²) in [6, 6.07) is 0.478. The van der Waals surface area contributed by atoms with E-state index in [2.05, 4.69) is 10.4 Å². The lowest BCUT2D eigenvalue weighted by Gasteiger charge is -2.31. The summed E-state index contributed by atoms with van der Waals surface area (Å²) in [7, 11) is 0. The molecule has 0 bridgehead atoms. The Morgan fingerprint density at radius 3 is 2.81 bits per heavy atom. The SMILES string of the molecule is CCOC(=O)C(C)(CC(C)n1cc(Cl)c(C)n1)NC1CC1. The molecule has 6 heteroatoms. The third kappa shape index (κ3) is 3.98. The van der Waals surface area contributed by atoms with Gasteiger partial charge in [0.1, 0.15) is 5.54 Å². The highest BCUT2D eigenvalue weighted by Gasteiger charge is 2.41. The number of nitrogens with zero attached hydrogens (tertiary/aromatic N) is 2. The van der Waals surface area contributed by atoms with Crippen LogP contribution in [0.3, 0.4) is 0 Å². The lowest BCUT2D eigenvalue weighted by Crippen LogP contribution is -2.52. The van der Waals surface area contributed by atoms with E-state index in [-0.39, 0.29) is 12.0 Å². The van der Waals surface area contributed by atoms with E-state index in [1.54, 1.807) is 0 Å². The van der Waals surface area contributed by atoms with Gasteiger partial charge in [-0.25, -0.2) is 0 Å². The van der Waals surface area contributed by atoms with Gasteiger partial charge in [0.2, 0.25) is 0 Å². The summed E-state index contributed by atoms with van der Waals surface area (Å²) in [4.78, 5) is 12.3. The van der Waals surface area contributed by atoms with E-state index in [4.69, 9.17) is 16.3 Å². The molecular weight excluding hydrogens is 290 g/mol. The zero-order valence-electron chi connectivity index (χ0n) is 13.1. The zero-order valence-corrected chi connectivity index (χ0v) is 13.9. The first-order chi connectivity index (χ1) is 9.85. The summed E-state index contributed by atoms with van der Waals surface area (Å²) in [6.07, 6.45) is 4.66. The van der Waals surface area contributed by atoms with Gasteiger partial charge >= 0.3 is 5.97 Å². The average Bonchev–Trinajstić information content (AvgIpc) is 3.14. The van der Waals surface area contributed by atoms with Gasteiger partial charge in [-0.05, 0) is 47.0 Å². The molecule has 2 unspecified atom stereocenters. The Kier molecular flexibility index (Phi) is 4.94. The van der Waals surface area contributed by atoms with Crippen LogP contribution in [0.4, 0.5) is 0 Å². The fourth-order valence-corrected chi connectivity index (χ4v) is 2.68. The van der Waals surface area contributed by atoms with E-state index in [1.165, 1.54) is 0 Å². The van der Waals surface area contributed by atoms with Crippen molar-refractivity contribution in [1.82, 2.24) is 15.1 Å². The minimum absolute atomic E-state index is 0.0526. The summed E-state index contributed by atoms with van der Waals surface area (Å²) < 4.78 is 7.07. The van der Waals surface area contributed by atoms with Gasteiger partial charge in [0.25, 0.3) is 0 Å². The second-order valence-electron chi connectivity index (χ2n) is 6.07. The highest BCUT2D eigenvalue weighted by atomic mass is 35.5. The van der Waals surface area contributed by atoms with Gasteiger partial charge in [-0.2, -0.15) is 5.10 Å². The number of carbonyl (C=O) groups is 1. The molecule has 1 saturated carbocycles. The van der Waals surface area contributed by atoms with Crippen LogP contribution < -0.4 is 5.32 Å². The Labute approximate surface area is 131 Å². The van der Waals surface area contributed by atoms with Gasteiger partial charge in [-0.15, -0.1) is 0 Å². The predicted molar refractivity (Wildman–Crippen MR) is 82.5 cm³/mol. The number of hydrogen-bond acceptors (Lipinski definition) is 4. The molecule has 0 aromatic carbocycles. The second-order valence-corrected chi connectivity index (χ2v) is 6.47. The summed E-state index contributed by atoms with van der Waals surface area (Å²) in [5.41, 5.74) is 0.111. The number of aromatic nitrogens is 2. The normalized spacial score (nSPS) is 19.1. The predicted octanol–water partition coefficient (Wildman–Crippen LogP) is 2.87. The van der Waals surface area contributed by atoms with Gasteiger partial charge in [-0.1, -0.05) is 11.6 Å². The Morgan fingerprint density at radius 2 is 2.33 bits per heavy atom. The highest BCUT2D eigenvalue weighted by Crippen LogP contribution is 2.29. The van der Waals surface area contributed by atoms with Crippen molar-refractivity contribution in [1.29, 1.82) is 0 Å². The third-order valence-corrected chi connectivity index (χ3v) is 4.21. The molecule has 21 heavy (non-hydrogen) atoms. The van der Waals surface area contributed by atoms with Gasteiger partial charge in [-0.3, -0.25) is 14.8 Å². The van der Waals surface area contributed by atoms with Crippen LogP contribution in [0, 0.1) is 6.92 Å². The Balaban J connectivity index is 2.11. The van der Waals surface area contributed by atoms with E-state index < -0.39 is 5.54 Å². The molecular formula is C15H24ClN3O2. The smallest absolute Gasteiger partial charge is 0.326 e. The van der Waals surface area contributed by atoms with Crippen molar-refractivity contribution < 1.29 is 9.53 Å². The van der Waals surface area contributed by atoms with Crippen molar-refractivity contribution in [3.8, 4) is 0 Å². The third-order valence-electron chi connectivity index (χ3n) is 3.84. The van der Waals surface area contributed by atoms with Gasteiger partial charge in [0.05, 0.1) is 23.4 Å². The number of esters is 1. The van der Waals surface area contributed by atoms with E-state index >= 15 is 0 Å². The number of hydrogen-bond donors (Lipinski definition) is 1. The molecule has 1 aromatic rings. The molecule has 1 aliphatic rings. The second kappa shape index (κ2) is 6.36. The number of halogens is 1. The van der Waals surface area contributed by atoms with Crippen LogP contribution in [0.1, 0.15) is 51.8 Å². The molecule has 1 aliphatic carbocycles. The summed E-state index contributed by atoms with van der Waals surface area (Å²) in [5, 5.41) is 8.47. The minimum Gasteiger partial charge on any atom is -0.465 e. The van der Waals surface area contributed by atoms with Gasteiger partial charge in [0.15, 0.2) is 0 Å². The van der Waals surface area contributed by atoms with Gasteiger partial charge in [0, 0.05) is 12.2 Å². The monoisotopic (exact) mass is 313 g/mol. The number of rotatable bonds is 7. The highest BCUT2D eigenvalue weighted by molar-refractivity contribution is 6.31. The Morgan fingerprint density at radius 1 is 1.67 bits per heavy atom. The molecule has 0 spiro atoms. The molecule has 0 aliphatic heterocycles. The molecule has 118 valence electrons. The number of carbonyl (C=O) groups excluding carboxylic acids is 1. The average molecular weight is 314 g/mol. The van der Waals surface area contributed by atoms with Crippen molar-refractivity contribution in [2.45, 2.75) is 64.6 Å². The fraction of sp³-hybridized carbons (Fsp3) is 0.733. The molecule has 1 aromatic heterocycles. The van der Waals surface area contributed by atoms with Crippen LogP contribution >= 0.6 is 11.6 Å². The molecule has 0 amide bonds. The standard InChI is InChI=1S/C15H24ClN3O2/c1-5-21-14(20)15(4,17-12-6-7-12)8-10(2)19-9-13(16)11(3)18-19/h9-10,12,17H,5-8H2,1-4H3. The van der Waals surface area contributed by atoms with E-state index in [0.717, 1.165) is 18.5 Å². The molecule has 5 nitrogen and oxygen atoms in total. The first-order valence-electron chi connectivity index (χ1n) is 7.52. The molecule has 0 saturated heterocycles. The number of nitrogens with one attached hydrogen (secondary N) is 1.